The predicted molar refractivity (Wildman–Crippen MR) is 93.0 cm³/mol. The summed E-state index contributed by atoms with van der Waals surface area (Å²) in [5, 5.41) is 12.8. The Balaban J connectivity index is 2.13. The number of ether oxygens (including phenoxy) is 1. The number of likely N-dealkylation sites (tertiary alicyclic amines) is 1. The average molecular weight is 360 g/mol. The summed E-state index contributed by atoms with van der Waals surface area (Å²) in [4.78, 5) is 39.9. The second-order valence-corrected chi connectivity index (χ2v) is 6.85. The number of hydrogen-bond acceptors (Lipinski definition) is 6. The topological polar surface area (TPSA) is 95.9 Å². The molecule has 0 saturated carbocycles. The van der Waals surface area contributed by atoms with E-state index in [0.29, 0.717) is 12.8 Å². The summed E-state index contributed by atoms with van der Waals surface area (Å²) in [6.45, 7) is 3.95. The fourth-order valence-electron chi connectivity index (χ4n) is 4.44. The number of nitrogens with zero attached hydrogens (tertiary/aromatic N) is 1. The van der Waals surface area contributed by atoms with E-state index in [1.54, 1.807) is 19.1 Å². The lowest BCUT2D eigenvalue weighted by atomic mass is 9.77. The number of imide groups is 1. The fraction of sp³-hybridized carbons (Fsp3) is 0.526. The molecule has 2 aliphatic rings. The lowest BCUT2D eigenvalue weighted by molar-refractivity contribution is -0.154. The van der Waals surface area contributed by atoms with Crippen LogP contribution in [-0.2, 0) is 19.1 Å². The maximum atomic E-state index is 13.0. The van der Waals surface area contributed by atoms with Crippen molar-refractivity contribution in [2.24, 2.45) is 11.8 Å². The number of rotatable bonds is 5. The largest absolute Gasteiger partial charge is 0.508 e. The molecule has 0 aromatic heterocycles. The van der Waals surface area contributed by atoms with Gasteiger partial charge in [0.2, 0.25) is 11.8 Å². The van der Waals surface area contributed by atoms with Crippen LogP contribution in [0.3, 0.4) is 0 Å². The van der Waals surface area contributed by atoms with Crippen molar-refractivity contribution in [3.63, 3.8) is 0 Å². The van der Waals surface area contributed by atoms with Gasteiger partial charge in [0, 0.05) is 12.6 Å². The highest BCUT2D eigenvalue weighted by molar-refractivity contribution is 6.09. The number of methoxy groups -OCH3 is 1. The third-order valence-corrected chi connectivity index (χ3v) is 5.51. The number of amides is 2. The summed E-state index contributed by atoms with van der Waals surface area (Å²) in [5.41, 5.74) is -0.480. The molecular weight excluding hydrogens is 336 g/mol. The van der Waals surface area contributed by atoms with E-state index >= 15 is 0 Å². The van der Waals surface area contributed by atoms with E-state index in [0.717, 1.165) is 5.56 Å². The Bertz CT molecular complexity index is 732. The van der Waals surface area contributed by atoms with Gasteiger partial charge in [-0.15, -0.1) is 0 Å². The van der Waals surface area contributed by atoms with Crippen LogP contribution < -0.4 is 5.32 Å². The summed E-state index contributed by atoms with van der Waals surface area (Å²) in [5.74, 6) is -2.46. The zero-order chi connectivity index (χ0) is 19.1. The van der Waals surface area contributed by atoms with Gasteiger partial charge in [0.15, 0.2) is 0 Å². The first-order valence-electron chi connectivity index (χ1n) is 8.91. The van der Waals surface area contributed by atoms with Gasteiger partial charge in [-0.05, 0) is 31.0 Å². The van der Waals surface area contributed by atoms with E-state index in [2.05, 4.69) is 5.32 Å². The van der Waals surface area contributed by atoms with Crippen LogP contribution in [0.4, 0.5) is 0 Å². The van der Waals surface area contributed by atoms with E-state index in [1.807, 2.05) is 6.92 Å². The van der Waals surface area contributed by atoms with Crippen LogP contribution in [0, 0.1) is 11.8 Å². The minimum Gasteiger partial charge on any atom is -0.508 e. The number of esters is 1. The molecule has 1 aromatic carbocycles. The van der Waals surface area contributed by atoms with Crippen molar-refractivity contribution in [2.75, 3.05) is 13.7 Å². The van der Waals surface area contributed by atoms with Crippen molar-refractivity contribution < 1.29 is 24.2 Å². The highest BCUT2D eigenvalue weighted by atomic mass is 16.5. The van der Waals surface area contributed by atoms with Gasteiger partial charge in [-0.25, -0.2) is 0 Å². The minimum atomic E-state index is -1.23. The first kappa shape index (κ1) is 18.4. The Kier molecular flexibility index (Phi) is 4.75. The van der Waals surface area contributed by atoms with Gasteiger partial charge in [-0.2, -0.15) is 0 Å². The van der Waals surface area contributed by atoms with E-state index in [-0.39, 0.29) is 24.1 Å². The van der Waals surface area contributed by atoms with Crippen LogP contribution in [0.25, 0.3) is 0 Å². The van der Waals surface area contributed by atoms with E-state index in [4.69, 9.17) is 4.74 Å². The Hall–Kier alpha value is -2.41. The zero-order valence-corrected chi connectivity index (χ0v) is 15.2. The lowest BCUT2D eigenvalue weighted by Crippen LogP contribution is -2.56. The van der Waals surface area contributed by atoms with Gasteiger partial charge in [-0.1, -0.05) is 25.5 Å². The van der Waals surface area contributed by atoms with Crippen molar-refractivity contribution in [1.82, 2.24) is 10.2 Å². The van der Waals surface area contributed by atoms with Gasteiger partial charge in [0.25, 0.3) is 0 Å². The molecule has 0 radical (unpaired) electrons. The first-order chi connectivity index (χ1) is 12.4. The van der Waals surface area contributed by atoms with Crippen LogP contribution in [-0.4, -0.2) is 47.0 Å². The van der Waals surface area contributed by atoms with Crippen LogP contribution >= 0.6 is 0 Å². The van der Waals surface area contributed by atoms with Gasteiger partial charge in [-0.3, -0.25) is 24.6 Å². The summed E-state index contributed by atoms with van der Waals surface area (Å²) >= 11 is 0. The highest BCUT2D eigenvalue weighted by Gasteiger charge is 2.68. The second kappa shape index (κ2) is 6.72. The molecule has 7 nitrogen and oxygen atoms in total. The number of phenols is 1. The smallest absolute Gasteiger partial charge is 0.326 e. The highest BCUT2D eigenvalue weighted by Crippen LogP contribution is 2.50. The summed E-state index contributed by atoms with van der Waals surface area (Å²) in [6, 6.07) is 5.97. The number of carbonyl (C=O) groups excluding carboxylic acids is 3. The molecule has 2 saturated heterocycles. The Morgan fingerprint density at radius 1 is 1.23 bits per heavy atom. The summed E-state index contributed by atoms with van der Waals surface area (Å²) in [6.07, 6.45) is 1.05. The molecule has 1 aromatic rings. The number of aromatic hydroxyl groups is 1. The van der Waals surface area contributed by atoms with Crippen LogP contribution in [0.15, 0.2) is 24.3 Å². The summed E-state index contributed by atoms with van der Waals surface area (Å²) < 4.78 is 5.03. The number of phenolic OH excluding ortho intramolecular Hbond substituents is 1. The third-order valence-electron chi connectivity index (χ3n) is 5.51. The van der Waals surface area contributed by atoms with E-state index in [1.165, 1.54) is 24.1 Å². The van der Waals surface area contributed by atoms with Gasteiger partial charge in [0.05, 0.1) is 18.9 Å². The molecule has 4 unspecified atom stereocenters. The number of benzene rings is 1. The SMILES string of the molecule is CCCC1(C(=O)OC)NC(c2ccc(O)cc2)C2C(=O)N(CC)C(=O)C21. The molecule has 2 N–H and O–H groups in total. The van der Waals surface area contributed by atoms with Crippen molar-refractivity contribution in [1.29, 1.82) is 0 Å². The molecule has 2 heterocycles. The monoisotopic (exact) mass is 360 g/mol. The number of hydrogen-bond donors (Lipinski definition) is 2. The summed E-state index contributed by atoms with van der Waals surface area (Å²) in [7, 11) is 1.29. The molecule has 2 amide bonds. The average Bonchev–Trinajstić information content (AvgIpc) is 3.10. The van der Waals surface area contributed by atoms with Gasteiger partial charge >= 0.3 is 5.97 Å². The van der Waals surface area contributed by atoms with Gasteiger partial charge in [0.1, 0.15) is 11.3 Å². The lowest BCUT2D eigenvalue weighted by Gasteiger charge is -2.32. The van der Waals surface area contributed by atoms with Crippen LogP contribution in [0.5, 0.6) is 5.75 Å². The number of fused-ring (bicyclic) bond motifs is 1. The molecule has 2 aliphatic heterocycles. The Morgan fingerprint density at radius 2 is 1.88 bits per heavy atom. The standard InChI is InChI=1S/C19H24N2O5/c1-4-10-19(18(25)26-3)14-13(16(23)21(5-2)17(14)24)15(20-19)11-6-8-12(22)9-7-11/h6-9,13-15,20,22H,4-5,10H2,1-3H3. The normalized spacial score (nSPS) is 30.6. The van der Waals surface area contributed by atoms with Crippen molar-refractivity contribution in [3.8, 4) is 5.75 Å². The molecule has 2 fully saturated rings. The van der Waals surface area contributed by atoms with Gasteiger partial charge < -0.3 is 9.84 Å². The van der Waals surface area contributed by atoms with E-state index < -0.39 is 29.4 Å². The maximum absolute atomic E-state index is 13.0. The van der Waals surface area contributed by atoms with E-state index in [9.17, 15) is 19.5 Å². The molecule has 26 heavy (non-hydrogen) atoms. The molecule has 4 atom stereocenters. The molecule has 0 bridgehead atoms. The van der Waals surface area contributed by atoms with Crippen molar-refractivity contribution >= 4 is 17.8 Å². The number of carbonyl (C=O) groups is 3. The van der Waals surface area contributed by atoms with Crippen molar-refractivity contribution in [2.45, 2.75) is 38.3 Å². The molecular formula is C19H24N2O5. The maximum Gasteiger partial charge on any atom is 0.326 e. The Labute approximate surface area is 152 Å². The zero-order valence-electron chi connectivity index (χ0n) is 15.2. The minimum absolute atomic E-state index is 0.111. The quantitative estimate of drug-likeness (QED) is 0.608. The fourth-order valence-corrected chi connectivity index (χ4v) is 4.44. The molecule has 3 rings (SSSR count). The number of nitrogens with one attached hydrogen (secondary N) is 1. The molecule has 7 heteroatoms. The molecule has 140 valence electrons. The Morgan fingerprint density at radius 3 is 2.42 bits per heavy atom. The van der Waals surface area contributed by atoms with Crippen LogP contribution in [0.2, 0.25) is 0 Å². The molecule has 0 aliphatic carbocycles. The predicted octanol–water partition coefficient (Wildman–Crippen LogP) is 1.37. The third kappa shape index (κ3) is 2.49. The van der Waals surface area contributed by atoms with Crippen LogP contribution in [0.1, 0.15) is 38.3 Å². The first-order valence-corrected chi connectivity index (χ1v) is 8.91. The second-order valence-electron chi connectivity index (χ2n) is 6.85. The van der Waals surface area contributed by atoms with Crippen molar-refractivity contribution in [3.05, 3.63) is 29.8 Å². The molecule has 0 spiro atoms.